The Morgan fingerprint density at radius 2 is 1.62 bits per heavy atom. The van der Waals surface area contributed by atoms with Crippen molar-refractivity contribution in [3.63, 3.8) is 0 Å². The Morgan fingerprint density at radius 1 is 1.00 bits per heavy atom. The summed E-state index contributed by atoms with van der Waals surface area (Å²) < 4.78 is 4.63. The number of para-hydroxylation sites is 1. The Kier molecular flexibility index (Phi) is 7.85. The Morgan fingerprint density at radius 3 is 2.24 bits per heavy atom. The molecule has 2 aromatic carbocycles. The van der Waals surface area contributed by atoms with Gasteiger partial charge in [0.05, 0.1) is 23.9 Å². The van der Waals surface area contributed by atoms with Crippen LogP contribution in [0.15, 0.2) is 48.5 Å². The molecule has 0 aliphatic rings. The molecule has 0 saturated heterocycles. The molecule has 0 bridgehead atoms. The van der Waals surface area contributed by atoms with Crippen molar-refractivity contribution in [3.05, 3.63) is 65.2 Å². The second kappa shape index (κ2) is 10.3. The number of benzene rings is 2. The molecule has 3 N–H and O–H groups in total. The van der Waals surface area contributed by atoms with Gasteiger partial charge in [-0.25, -0.2) is 4.79 Å². The predicted molar refractivity (Wildman–Crippen MR) is 115 cm³/mol. The van der Waals surface area contributed by atoms with E-state index in [0.29, 0.717) is 22.4 Å². The highest BCUT2D eigenvalue weighted by atomic mass is 32.1. The highest BCUT2D eigenvalue weighted by molar-refractivity contribution is 7.80. The average molecular weight is 413 g/mol. The fourth-order valence-electron chi connectivity index (χ4n) is 2.40. The van der Waals surface area contributed by atoms with Crippen LogP contribution in [0.4, 0.5) is 5.69 Å². The molecule has 0 spiro atoms. The summed E-state index contributed by atoms with van der Waals surface area (Å²) in [5, 5.41) is 8.40. The molecule has 0 aliphatic heterocycles. The lowest BCUT2D eigenvalue weighted by molar-refractivity contribution is 0.0600. The molecule has 7 nitrogen and oxygen atoms in total. The molecular weight excluding hydrogens is 390 g/mol. The van der Waals surface area contributed by atoms with Gasteiger partial charge in [-0.3, -0.25) is 14.9 Å². The minimum absolute atomic E-state index is 0.0372. The second-order valence-electron chi connectivity index (χ2n) is 6.31. The first-order valence-corrected chi connectivity index (χ1v) is 9.47. The summed E-state index contributed by atoms with van der Waals surface area (Å²) in [5.74, 6) is -1.16. The molecule has 8 heteroatoms. The van der Waals surface area contributed by atoms with Crippen LogP contribution in [-0.2, 0) is 4.74 Å². The molecule has 152 valence electrons. The van der Waals surface area contributed by atoms with Crippen LogP contribution in [-0.4, -0.2) is 36.0 Å². The molecule has 0 aromatic heterocycles. The number of hydrogen-bond donors (Lipinski definition) is 3. The number of methoxy groups -OCH3 is 1. The van der Waals surface area contributed by atoms with E-state index in [0.717, 1.165) is 6.42 Å². The molecular formula is C21H23N3O4S. The average Bonchev–Trinajstić information content (AvgIpc) is 2.73. The summed E-state index contributed by atoms with van der Waals surface area (Å²) in [6, 6.07) is 12.9. The van der Waals surface area contributed by atoms with Crippen molar-refractivity contribution in [2.45, 2.75) is 26.3 Å². The molecule has 0 aliphatic carbocycles. The van der Waals surface area contributed by atoms with Crippen LogP contribution in [0.5, 0.6) is 0 Å². The van der Waals surface area contributed by atoms with E-state index < -0.39 is 11.9 Å². The first kappa shape index (κ1) is 22.0. The van der Waals surface area contributed by atoms with Crippen molar-refractivity contribution in [2.75, 3.05) is 12.4 Å². The third kappa shape index (κ3) is 6.11. The van der Waals surface area contributed by atoms with E-state index in [1.54, 1.807) is 24.3 Å². The lowest BCUT2D eigenvalue weighted by atomic mass is 10.1. The summed E-state index contributed by atoms with van der Waals surface area (Å²) in [7, 11) is 1.29. The summed E-state index contributed by atoms with van der Waals surface area (Å²) in [6.45, 7) is 3.90. The maximum absolute atomic E-state index is 12.5. The van der Waals surface area contributed by atoms with Crippen LogP contribution in [0.1, 0.15) is 51.3 Å². The number of ether oxygens (including phenoxy) is 1. The van der Waals surface area contributed by atoms with Crippen molar-refractivity contribution in [3.8, 4) is 0 Å². The summed E-state index contributed by atoms with van der Waals surface area (Å²) in [5.41, 5.74) is 1.57. The Bertz CT molecular complexity index is 912. The molecule has 29 heavy (non-hydrogen) atoms. The number of carbonyl (C=O) groups is 3. The molecule has 1 atom stereocenters. The fourth-order valence-corrected chi connectivity index (χ4v) is 2.60. The van der Waals surface area contributed by atoms with Gasteiger partial charge in [-0.15, -0.1) is 0 Å². The first-order valence-electron chi connectivity index (χ1n) is 9.06. The fraction of sp³-hybridized carbons (Fsp3) is 0.238. The Hall–Kier alpha value is -3.26. The number of amides is 2. The standard InChI is InChI=1S/C21H23N3O4S/c1-4-13(2)22-19(26)16-7-5-6-8-17(16)23-21(29)24-18(25)14-9-11-15(12-10-14)20(27)28-3/h5-13H,4H2,1-3H3,(H,22,26)(H2,23,24,25,29). The van der Waals surface area contributed by atoms with Gasteiger partial charge >= 0.3 is 5.97 Å². The van der Waals surface area contributed by atoms with Gasteiger partial charge in [0.1, 0.15) is 0 Å². The van der Waals surface area contributed by atoms with E-state index in [1.165, 1.54) is 31.4 Å². The molecule has 0 saturated carbocycles. The van der Waals surface area contributed by atoms with Crippen LogP contribution >= 0.6 is 12.2 Å². The predicted octanol–water partition coefficient (Wildman–Crippen LogP) is 3.13. The molecule has 2 rings (SSSR count). The van der Waals surface area contributed by atoms with Gasteiger partial charge in [0, 0.05) is 11.6 Å². The normalized spacial score (nSPS) is 11.1. The van der Waals surface area contributed by atoms with E-state index in [1.807, 2.05) is 13.8 Å². The highest BCUT2D eigenvalue weighted by Crippen LogP contribution is 2.15. The lowest BCUT2D eigenvalue weighted by Crippen LogP contribution is -2.36. The molecule has 2 amide bonds. The molecule has 0 radical (unpaired) electrons. The largest absolute Gasteiger partial charge is 0.465 e. The van der Waals surface area contributed by atoms with Gasteiger partial charge in [-0.2, -0.15) is 0 Å². The van der Waals surface area contributed by atoms with E-state index in [-0.39, 0.29) is 17.1 Å². The quantitative estimate of drug-likeness (QED) is 0.497. The van der Waals surface area contributed by atoms with Crippen molar-refractivity contribution >= 4 is 40.8 Å². The number of hydrogen-bond acceptors (Lipinski definition) is 5. The maximum Gasteiger partial charge on any atom is 0.337 e. The van der Waals surface area contributed by atoms with E-state index in [9.17, 15) is 14.4 Å². The van der Waals surface area contributed by atoms with Crippen molar-refractivity contribution in [1.82, 2.24) is 10.6 Å². The third-order valence-corrected chi connectivity index (χ3v) is 4.41. The van der Waals surface area contributed by atoms with Crippen LogP contribution in [0.2, 0.25) is 0 Å². The van der Waals surface area contributed by atoms with Crippen molar-refractivity contribution in [1.29, 1.82) is 0 Å². The van der Waals surface area contributed by atoms with Gasteiger partial charge in [-0.05, 0) is 62.0 Å². The van der Waals surface area contributed by atoms with Crippen molar-refractivity contribution in [2.24, 2.45) is 0 Å². The van der Waals surface area contributed by atoms with Gasteiger partial charge < -0.3 is 15.4 Å². The zero-order chi connectivity index (χ0) is 21.4. The first-order chi connectivity index (χ1) is 13.8. The number of esters is 1. The van der Waals surface area contributed by atoms with Crippen LogP contribution in [0, 0.1) is 0 Å². The van der Waals surface area contributed by atoms with Crippen LogP contribution in [0.3, 0.4) is 0 Å². The van der Waals surface area contributed by atoms with Gasteiger partial charge in [-0.1, -0.05) is 19.1 Å². The summed E-state index contributed by atoms with van der Waals surface area (Å²) >= 11 is 5.21. The Balaban J connectivity index is 2.05. The third-order valence-electron chi connectivity index (χ3n) is 4.21. The number of anilines is 1. The SMILES string of the molecule is CCC(C)NC(=O)c1ccccc1NC(=S)NC(=O)c1ccc(C(=O)OC)cc1. The smallest absolute Gasteiger partial charge is 0.337 e. The number of nitrogens with one attached hydrogen (secondary N) is 3. The van der Waals surface area contributed by atoms with E-state index in [4.69, 9.17) is 12.2 Å². The van der Waals surface area contributed by atoms with Crippen LogP contribution < -0.4 is 16.0 Å². The van der Waals surface area contributed by atoms with Gasteiger partial charge in [0.2, 0.25) is 0 Å². The van der Waals surface area contributed by atoms with Gasteiger partial charge in [0.25, 0.3) is 11.8 Å². The molecule has 1 unspecified atom stereocenters. The lowest BCUT2D eigenvalue weighted by Gasteiger charge is -2.16. The number of carbonyl (C=O) groups excluding carboxylic acids is 3. The number of rotatable bonds is 6. The zero-order valence-corrected chi connectivity index (χ0v) is 17.3. The summed E-state index contributed by atoms with van der Waals surface area (Å²) in [4.78, 5) is 36.3. The zero-order valence-electron chi connectivity index (χ0n) is 16.4. The van der Waals surface area contributed by atoms with Crippen molar-refractivity contribution < 1.29 is 19.1 Å². The second-order valence-corrected chi connectivity index (χ2v) is 6.71. The topological polar surface area (TPSA) is 96.5 Å². The van der Waals surface area contributed by atoms with Crippen LogP contribution in [0.25, 0.3) is 0 Å². The minimum Gasteiger partial charge on any atom is -0.465 e. The van der Waals surface area contributed by atoms with E-state index >= 15 is 0 Å². The molecule has 0 heterocycles. The molecule has 0 fully saturated rings. The minimum atomic E-state index is -0.485. The highest BCUT2D eigenvalue weighted by Gasteiger charge is 2.15. The van der Waals surface area contributed by atoms with Gasteiger partial charge in [0.15, 0.2) is 5.11 Å². The van der Waals surface area contributed by atoms with E-state index in [2.05, 4.69) is 20.7 Å². The summed E-state index contributed by atoms with van der Waals surface area (Å²) in [6.07, 6.45) is 0.810. The maximum atomic E-state index is 12.5. The molecule has 2 aromatic rings. The Labute approximate surface area is 174 Å². The number of thiocarbonyl (C=S) groups is 1. The monoisotopic (exact) mass is 413 g/mol.